The Balaban J connectivity index is 1.51. The fourth-order valence-electron chi connectivity index (χ4n) is 4.04. The van der Waals surface area contributed by atoms with Crippen LogP contribution in [0.5, 0.6) is 0 Å². The summed E-state index contributed by atoms with van der Waals surface area (Å²) in [6.07, 6.45) is 1.55. The molecule has 142 valence electrons. The number of fused-ring (bicyclic) bond motifs is 1. The Kier molecular flexibility index (Phi) is 5.11. The van der Waals surface area contributed by atoms with Crippen LogP contribution in [-0.2, 0) is 4.79 Å². The summed E-state index contributed by atoms with van der Waals surface area (Å²) in [5.74, 6) is -0.154. The van der Waals surface area contributed by atoms with Crippen LogP contribution in [0.4, 0.5) is 0 Å². The molecular weight excluding hydrogens is 348 g/mol. The van der Waals surface area contributed by atoms with Crippen LogP contribution in [-0.4, -0.2) is 29.3 Å². The third-order valence-electron chi connectivity index (χ3n) is 5.49. The van der Waals surface area contributed by atoms with E-state index in [9.17, 15) is 9.59 Å². The lowest BCUT2D eigenvalue weighted by Gasteiger charge is -2.26. The molecule has 1 N–H and O–H groups in total. The summed E-state index contributed by atoms with van der Waals surface area (Å²) in [6.45, 7) is 2.62. The third-order valence-corrected chi connectivity index (χ3v) is 5.49. The van der Waals surface area contributed by atoms with Gasteiger partial charge in [0.25, 0.3) is 5.91 Å². The lowest BCUT2D eigenvalue weighted by atomic mass is 9.99. The first-order valence-corrected chi connectivity index (χ1v) is 9.79. The molecule has 0 aliphatic carbocycles. The van der Waals surface area contributed by atoms with Crippen molar-refractivity contribution in [2.45, 2.75) is 31.8 Å². The highest BCUT2D eigenvalue weighted by Crippen LogP contribution is 2.26. The van der Waals surface area contributed by atoms with Gasteiger partial charge in [0.05, 0.1) is 6.04 Å². The van der Waals surface area contributed by atoms with Gasteiger partial charge in [0, 0.05) is 12.1 Å². The predicted octanol–water partition coefficient (Wildman–Crippen LogP) is 4.32. The molecule has 0 aromatic heterocycles. The summed E-state index contributed by atoms with van der Waals surface area (Å²) < 4.78 is 0. The van der Waals surface area contributed by atoms with Crippen molar-refractivity contribution in [3.63, 3.8) is 0 Å². The molecule has 0 spiro atoms. The number of hydrogen-bond acceptors (Lipinski definition) is 2. The van der Waals surface area contributed by atoms with Crippen molar-refractivity contribution in [1.82, 2.24) is 10.2 Å². The van der Waals surface area contributed by atoms with Crippen molar-refractivity contribution in [3.05, 3.63) is 83.9 Å². The summed E-state index contributed by atoms with van der Waals surface area (Å²) >= 11 is 0. The van der Waals surface area contributed by atoms with Gasteiger partial charge < -0.3 is 10.2 Å². The smallest absolute Gasteiger partial charge is 0.254 e. The van der Waals surface area contributed by atoms with Gasteiger partial charge in [-0.3, -0.25) is 9.59 Å². The van der Waals surface area contributed by atoms with E-state index < -0.39 is 6.04 Å². The van der Waals surface area contributed by atoms with Gasteiger partial charge >= 0.3 is 0 Å². The van der Waals surface area contributed by atoms with Crippen LogP contribution >= 0.6 is 0 Å². The highest BCUT2D eigenvalue weighted by Gasteiger charge is 2.35. The van der Waals surface area contributed by atoms with E-state index in [1.165, 1.54) is 0 Å². The molecule has 0 bridgehead atoms. The van der Waals surface area contributed by atoms with Gasteiger partial charge in [-0.2, -0.15) is 0 Å². The van der Waals surface area contributed by atoms with Crippen molar-refractivity contribution < 1.29 is 9.59 Å². The van der Waals surface area contributed by atoms with Crippen molar-refractivity contribution in [1.29, 1.82) is 0 Å². The van der Waals surface area contributed by atoms with Crippen LogP contribution in [0.3, 0.4) is 0 Å². The monoisotopic (exact) mass is 372 g/mol. The minimum absolute atomic E-state index is 0.0731. The van der Waals surface area contributed by atoms with Gasteiger partial charge in [0.2, 0.25) is 5.91 Å². The average Bonchev–Trinajstić information content (AvgIpc) is 3.23. The van der Waals surface area contributed by atoms with Crippen LogP contribution in [0.25, 0.3) is 10.8 Å². The number of benzene rings is 3. The van der Waals surface area contributed by atoms with Gasteiger partial charge in [0.1, 0.15) is 6.04 Å². The number of amides is 2. The maximum absolute atomic E-state index is 13.0. The molecule has 4 rings (SSSR count). The zero-order valence-corrected chi connectivity index (χ0v) is 16.0. The van der Waals surface area contributed by atoms with Crippen molar-refractivity contribution in [3.8, 4) is 0 Å². The van der Waals surface area contributed by atoms with E-state index in [2.05, 4.69) is 29.6 Å². The molecule has 4 nitrogen and oxygen atoms in total. The Hall–Kier alpha value is -3.14. The van der Waals surface area contributed by atoms with Gasteiger partial charge in [-0.05, 0) is 48.2 Å². The second kappa shape index (κ2) is 7.85. The van der Waals surface area contributed by atoms with E-state index in [1.54, 1.807) is 17.0 Å². The normalized spacial score (nSPS) is 17.5. The summed E-state index contributed by atoms with van der Waals surface area (Å²) in [5.41, 5.74) is 1.72. The van der Waals surface area contributed by atoms with E-state index in [0.717, 1.165) is 22.8 Å². The zero-order valence-electron chi connectivity index (χ0n) is 16.0. The van der Waals surface area contributed by atoms with E-state index in [4.69, 9.17) is 0 Å². The summed E-state index contributed by atoms with van der Waals surface area (Å²) in [4.78, 5) is 27.6. The Labute approximate surface area is 165 Å². The van der Waals surface area contributed by atoms with Crippen LogP contribution in [0.1, 0.15) is 41.7 Å². The van der Waals surface area contributed by atoms with Crippen molar-refractivity contribution in [2.24, 2.45) is 0 Å². The fourth-order valence-corrected chi connectivity index (χ4v) is 4.04. The number of nitrogens with one attached hydrogen (secondary N) is 1. The standard InChI is InChI=1S/C24H24N2O2/c1-17(20-14-7-12-18-9-5-6-13-21(18)20)25-23(27)22-15-8-16-26(22)24(28)19-10-3-2-4-11-19/h2-7,9-14,17,22H,8,15-16H2,1H3,(H,25,27)/t17-,22+/m1/s1. The van der Waals surface area contributed by atoms with Gasteiger partial charge in [0.15, 0.2) is 0 Å². The van der Waals surface area contributed by atoms with E-state index in [-0.39, 0.29) is 17.9 Å². The topological polar surface area (TPSA) is 49.4 Å². The molecule has 2 amide bonds. The molecule has 28 heavy (non-hydrogen) atoms. The Morgan fingerprint density at radius 2 is 1.68 bits per heavy atom. The SMILES string of the molecule is C[C@@H](NC(=O)[C@@H]1CCCN1C(=O)c1ccccc1)c1cccc2ccccc12. The first-order valence-electron chi connectivity index (χ1n) is 9.79. The molecule has 1 saturated heterocycles. The Morgan fingerprint density at radius 3 is 2.50 bits per heavy atom. The van der Waals surface area contributed by atoms with E-state index in [1.807, 2.05) is 43.3 Å². The molecule has 3 aromatic carbocycles. The van der Waals surface area contributed by atoms with E-state index in [0.29, 0.717) is 18.5 Å². The van der Waals surface area contributed by atoms with Gasteiger partial charge in [-0.25, -0.2) is 0 Å². The van der Waals surface area contributed by atoms with Crippen LogP contribution in [0.2, 0.25) is 0 Å². The summed E-state index contributed by atoms with van der Waals surface area (Å²) in [5, 5.41) is 5.43. The zero-order chi connectivity index (χ0) is 19.5. The first-order chi connectivity index (χ1) is 13.6. The molecule has 1 fully saturated rings. The molecule has 0 radical (unpaired) electrons. The largest absolute Gasteiger partial charge is 0.348 e. The minimum Gasteiger partial charge on any atom is -0.348 e. The van der Waals surface area contributed by atoms with E-state index >= 15 is 0 Å². The molecule has 1 aliphatic rings. The third kappa shape index (κ3) is 3.50. The number of nitrogens with zero attached hydrogens (tertiary/aromatic N) is 1. The predicted molar refractivity (Wildman–Crippen MR) is 111 cm³/mol. The quantitative estimate of drug-likeness (QED) is 0.741. The number of likely N-dealkylation sites (tertiary alicyclic amines) is 1. The summed E-state index contributed by atoms with van der Waals surface area (Å²) in [7, 11) is 0. The molecule has 1 aliphatic heterocycles. The lowest BCUT2D eigenvalue weighted by Crippen LogP contribution is -2.46. The Morgan fingerprint density at radius 1 is 0.964 bits per heavy atom. The molecule has 4 heteroatoms. The maximum Gasteiger partial charge on any atom is 0.254 e. The second-order valence-electron chi connectivity index (χ2n) is 7.32. The highest BCUT2D eigenvalue weighted by atomic mass is 16.2. The van der Waals surface area contributed by atoms with Crippen molar-refractivity contribution in [2.75, 3.05) is 6.54 Å². The van der Waals surface area contributed by atoms with Gasteiger partial charge in [-0.15, -0.1) is 0 Å². The number of rotatable bonds is 4. The lowest BCUT2D eigenvalue weighted by molar-refractivity contribution is -0.125. The van der Waals surface area contributed by atoms with Crippen LogP contribution < -0.4 is 5.32 Å². The van der Waals surface area contributed by atoms with Gasteiger partial charge in [-0.1, -0.05) is 60.7 Å². The molecule has 0 unspecified atom stereocenters. The molecule has 1 heterocycles. The van der Waals surface area contributed by atoms with Crippen LogP contribution in [0, 0.1) is 0 Å². The molecule has 2 atom stereocenters. The highest BCUT2D eigenvalue weighted by molar-refractivity contribution is 5.98. The molecule has 0 saturated carbocycles. The Bertz CT molecular complexity index is 994. The maximum atomic E-state index is 13.0. The van der Waals surface area contributed by atoms with Crippen LogP contribution in [0.15, 0.2) is 72.8 Å². The first kappa shape index (κ1) is 18.2. The number of hydrogen-bond donors (Lipinski definition) is 1. The number of carbonyl (C=O) groups excluding carboxylic acids is 2. The van der Waals surface area contributed by atoms with Crippen molar-refractivity contribution >= 4 is 22.6 Å². The molecule has 3 aromatic rings. The second-order valence-corrected chi connectivity index (χ2v) is 7.32. The minimum atomic E-state index is -0.412. The summed E-state index contributed by atoms with van der Waals surface area (Å²) in [6, 6.07) is 23.0. The number of carbonyl (C=O) groups is 2. The fraction of sp³-hybridized carbons (Fsp3) is 0.250. The average molecular weight is 372 g/mol. The molecular formula is C24H24N2O2.